The first-order chi connectivity index (χ1) is 12.7. The first-order valence-electron chi connectivity index (χ1n) is 8.44. The molecule has 2 aromatic heterocycles. The number of H-pyrrole nitrogens is 1. The van der Waals surface area contributed by atoms with Crippen molar-refractivity contribution in [2.75, 3.05) is 6.54 Å². The predicted molar refractivity (Wildman–Crippen MR) is 98.8 cm³/mol. The van der Waals surface area contributed by atoms with E-state index in [0.717, 1.165) is 22.2 Å². The van der Waals surface area contributed by atoms with Crippen molar-refractivity contribution >= 4 is 16.8 Å². The Bertz CT molecular complexity index is 1050. The predicted octanol–water partition coefficient (Wildman–Crippen LogP) is 3.50. The van der Waals surface area contributed by atoms with Gasteiger partial charge in [-0.25, -0.2) is 0 Å². The molecule has 0 aliphatic heterocycles. The first-order valence-corrected chi connectivity index (χ1v) is 8.44. The van der Waals surface area contributed by atoms with Crippen molar-refractivity contribution in [1.29, 1.82) is 0 Å². The summed E-state index contributed by atoms with van der Waals surface area (Å²) in [5.41, 5.74) is 4.18. The van der Waals surface area contributed by atoms with Gasteiger partial charge in [-0.3, -0.25) is 4.79 Å². The molecule has 0 bridgehead atoms. The summed E-state index contributed by atoms with van der Waals surface area (Å²) in [6.45, 7) is 2.49. The number of aromatic amines is 1. The molecule has 0 saturated carbocycles. The van der Waals surface area contributed by atoms with E-state index in [1.54, 1.807) is 0 Å². The lowest BCUT2D eigenvalue weighted by Gasteiger charge is -2.01. The van der Waals surface area contributed by atoms with Crippen LogP contribution in [0, 0.1) is 6.92 Å². The first kappa shape index (κ1) is 16.1. The zero-order valence-corrected chi connectivity index (χ0v) is 14.3. The Morgan fingerprint density at radius 2 is 1.92 bits per heavy atom. The lowest BCUT2D eigenvalue weighted by molar-refractivity contribution is 0.0920. The number of para-hydroxylation sites is 1. The summed E-state index contributed by atoms with van der Waals surface area (Å²) in [7, 11) is 0. The van der Waals surface area contributed by atoms with Crippen molar-refractivity contribution in [3.63, 3.8) is 0 Å². The van der Waals surface area contributed by atoms with Crippen LogP contribution in [0.25, 0.3) is 22.4 Å². The van der Waals surface area contributed by atoms with Gasteiger partial charge in [-0.05, 0) is 37.1 Å². The van der Waals surface area contributed by atoms with E-state index in [1.807, 2.05) is 55.6 Å². The number of carbonyl (C=O) groups is 1. The second-order valence-corrected chi connectivity index (χ2v) is 6.14. The third kappa shape index (κ3) is 3.21. The van der Waals surface area contributed by atoms with E-state index >= 15 is 0 Å². The highest BCUT2D eigenvalue weighted by Crippen LogP contribution is 2.19. The van der Waals surface area contributed by atoms with Crippen LogP contribution in [0.3, 0.4) is 0 Å². The van der Waals surface area contributed by atoms with E-state index in [9.17, 15) is 4.79 Å². The normalized spacial score (nSPS) is 11.0. The lowest BCUT2D eigenvalue weighted by atomic mass is 10.1. The zero-order chi connectivity index (χ0) is 17.9. The van der Waals surface area contributed by atoms with Crippen LogP contribution >= 0.6 is 0 Å². The molecule has 0 aliphatic carbocycles. The Hall–Kier alpha value is -3.41. The van der Waals surface area contributed by atoms with Crippen LogP contribution in [0.4, 0.5) is 0 Å². The lowest BCUT2D eigenvalue weighted by Crippen LogP contribution is -2.25. The van der Waals surface area contributed by atoms with Gasteiger partial charge in [0.25, 0.3) is 0 Å². The van der Waals surface area contributed by atoms with E-state index in [2.05, 4.69) is 26.6 Å². The molecule has 0 saturated heterocycles. The number of fused-ring (bicyclic) bond motifs is 1. The highest BCUT2D eigenvalue weighted by Gasteiger charge is 2.15. The quantitative estimate of drug-likeness (QED) is 0.579. The Balaban J connectivity index is 1.39. The molecule has 0 aliphatic rings. The molecule has 0 atom stereocenters. The Labute approximate surface area is 150 Å². The molecule has 1 amide bonds. The van der Waals surface area contributed by atoms with E-state index in [-0.39, 0.29) is 11.8 Å². The van der Waals surface area contributed by atoms with E-state index < -0.39 is 0 Å². The smallest absolute Gasteiger partial charge is 0.308 e. The Morgan fingerprint density at radius 1 is 1.12 bits per heavy atom. The molecule has 0 unspecified atom stereocenters. The molecule has 2 aromatic carbocycles. The molecule has 4 rings (SSSR count). The molecule has 2 N–H and O–H groups in total. The molecule has 6 nitrogen and oxygen atoms in total. The largest absolute Gasteiger partial charge is 0.412 e. The molecule has 0 fully saturated rings. The van der Waals surface area contributed by atoms with Gasteiger partial charge in [0.1, 0.15) is 0 Å². The number of benzene rings is 2. The highest BCUT2D eigenvalue weighted by atomic mass is 16.4. The van der Waals surface area contributed by atoms with Gasteiger partial charge in [-0.1, -0.05) is 35.9 Å². The number of hydrogen-bond acceptors (Lipinski definition) is 4. The van der Waals surface area contributed by atoms with Gasteiger partial charge in [0.2, 0.25) is 5.89 Å². The molecular formula is C20H18N4O2. The van der Waals surface area contributed by atoms with Gasteiger partial charge in [0.15, 0.2) is 0 Å². The number of rotatable bonds is 5. The topological polar surface area (TPSA) is 83.8 Å². The summed E-state index contributed by atoms with van der Waals surface area (Å²) in [6.07, 6.45) is 2.69. The van der Waals surface area contributed by atoms with Crippen LogP contribution in [0.15, 0.2) is 59.1 Å². The third-order valence-corrected chi connectivity index (χ3v) is 4.27. The molecule has 4 aromatic rings. The van der Waals surface area contributed by atoms with Crippen molar-refractivity contribution < 1.29 is 9.21 Å². The molecule has 26 heavy (non-hydrogen) atoms. The number of hydrogen-bond donors (Lipinski definition) is 2. The van der Waals surface area contributed by atoms with Crippen LogP contribution in [-0.2, 0) is 6.42 Å². The molecule has 2 heterocycles. The summed E-state index contributed by atoms with van der Waals surface area (Å²) >= 11 is 0. The number of carbonyl (C=O) groups excluding carboxylic acids is 1. The van der Waals surface area contributed by atoms with Crippen LogP contribution in [0.5, 0.6) is 0 Å². The number of amides is 1. The van der Waals surface area contributed by atoms with Crippen molar-refractivity contribution in [2.45, 2.75) is 13.3 Å². The summed E-state index contributed by atoms with van der Waals surface area (Å²) in [5, 5.41) is 11.8. The van der Waals surface area contributed by atoms with Crippen LogP contribution in [-0.4, -0.2) is 27.6 Å². The minimum atomic E-state index is -0.365. The highest BCUT2D eigenvalue weighted by molar-refractivity contribution is 5.89. The van der Waals surface area contributed by atoms with Crippen molar-refractivity contribution in [3.8, 4) is 11.5 Å². The Morgan fingerprint density at radius 3 is 2.77 bits per heavy atom. The maximum Gasteiger partial charge on any atom is 0.308 e. The number of aromatic nitrogens is 3. The average Bonchev–Trinajstić information content (AvgIpc) is 3.30. The minimum absolute atomic E-state index is 0.0282. The van der Waals surface area contributed by atoms with Gasteiger partial charge in [-0.2, -0.15) is 0 Å². The molecular weight excluding hydrogens is 328 g/mol. The fourth-order valence-corrected chi connectivity index (χ4v) is 2.85. The zero-order valence-electron chi connectivity index (χ0n) is 14.3. The van der Waals surface area contributed by atoms with Crippen LogP contribution < -0.4 is 5.32 Å². The van der Waals surface area contributed by atoms with E-state index in [0.29, 0.717) is 18.9 Å². The van der Waals surface area contributed by atoms with E-state index in [1.165, 1.54) is 5.39 Å². The van der Waals surface area contributed by atoms with E-state index in [4.69, 9.17) is 4.42 Å². The number of nitrogens with one attached hydrogen (secondary N) is 2. The average molecular weight is 346 g/mol. The summed E-state index contributed by atoms with van der Waals surface area (Å²) in [5.74, 6) is -0.0537. The van der Waals surface area contributed by atoms with Crippen molar-refractivity contribution in [3.05, 3.63) is 71.7 Å². The monoisotopic (exact) mass is 346 g/mol. The van der Waals surface area contributed by atoms with Crippen molar-refractivity contribution in [1.82, 2.24) is 20.5 Å². The van der Waals surface area contributed by atoms with Crippen molar-refractivity contribution in [2.24, 2.45) is 0 Å². The SMILES string of the molecule is Cc1ccc(-c2nnc(C(=O)NCCc3c[nH]c4ccccc34)o2)cc1. The van der Waals surface area contributed by atoms with Crippen LogP contribution in [0.2, 0.25) is 0 Å². The van der Waals surface area contributed by atoms with Gasteiger partial charge in [-0.15, -0.1) is 10.2 Å². The maximum atomic E-state index is 12.2. The Kier molecular flexibility index (Phi) is 4.23. The van der Waals surface area contributed by atoms with Gasteiger partial charge < -0.3 is 14.7 Å². The maximum absolute atomic E-state index is 12.2. The number of aryl methyl sites for hydroxylation is 1. The third-order valence-electron chi connectivity index (χ3n) is 4.27. The second kappa shape index (κ2) is 6.84. The second-order valence-electron chi connectivity index (χ2n) is 6.14. The standard InChI is InChI=1S/C20H18N4O2/c1-13-6-8-14(9-7-13)19-23-24-20(26-19)18(25)21-11-10-15-12-22-17-5-3-2-4-16(15)17/h2-9,12,22H,10-11H2,1H3,(H,21,25). The van der Waals surface area contributed by atoms with Gasteiger partial charge in [0.05, 0.1) is 0 Å². The molecule has 0 radical (unpaired) electrons. The summed E-state index contributed by atoms with van der Waals surface area (Å²) in [6, 6.07) is 15.8. The summed E-state index contributed by atoms with van der Waals surface area (Å²) in [4.78, 5) is 15.5. The summed E-state index contributed by atoms with van der Waals surface area (Å²) < 4.78 is 5.49. The number of nitrogens with zero attached hydrogens (tertiary/aromatic N) is 2. The molecule has 6 heteroatoms. The van der Waals surface area contributed by atoms with Crippen LogP contribution in [0.1, 0.15) is 21.8 Å². The fourth-order valence-electron chi connectivity index (χ4n) is 2.85. The fraction of sp³-hybridized carbons (Fsp3) is 0.150. The van der Waals surface area contributed by atoms with Gasteiger partial charge >= 0.3 is 11.8 Å². The molecule has 0 spiro atoms. The van der Waals surface area contributed by atoms with Gasteiger partial charge in [0, 0.05) is 29.2 Å². The molecule has 130 valence electrons. The minimum Gasteiger partial charge on any atom is -0.412 e.